The van der Waals surface area contributed by atoms with Crippen molar-refractivity contribution in [3.05, 3.63) is 53.6 Å². The fraction of sp³-hybridized carbons (Fsp3) is 0.316. The SMILES string of the molecule is CC(CC(=O)O)c1ccc(-c2ccc3c(c2)CCN3C)cc1. The Morgan fingerprint density at radius 1 is 1.18 bits per heavy atom. The molecule has 2 aromatic carbocycles. The third kappa shape index (κ3) is 2.84. The lowest BCUT2D eigenvalue weighted by molar-refractivity contribution is -0.137. The molecule has 1 aliphatic rings. The molecule has 114 valence electrons. The average Bonchev–Trinajstić information content (AvgIpc) is 2.88. The zero-order valence-corrected chi connectivity index (χ0v) is 13.0. The predicted octanol–water partition coefficient (Wildman–Crippen LogP) is 3.92. The van der Waals surface area contributed by atoms with Gasteiger partial charge in [-0.25, -0.2) is 0 Å². The molecular weight excluding hydrogens is 274 g/mol. The topological polar surface area (TPSA) is 40.5 Å². The Balaban J connectivity index is 1.83. The fourth-order valence-corrected chi connectivity index (χ4v) is 3.13. The minimum absolute atomic E-state index is 0.0419. The number of likely N-dealkylation sites (N-methyl/N-ethyl adjacent to an activating group) is 1. The zero-order valence-electron chi connectivity index (χ0n) is 13.0. The summed E-state index contributed by atoms with van der Waals surface area (Å²) in [6.07, 6.45) is 1.28. The quantitative estimate of drug-likeness (QED) is 0.929. The highest BCUT2D eigenvalue weighted by molar-refractivity contribution is 5.71. The zero-order chi connectivity index (χ0) is 15.7. The van der Waals surface area contributed by atoms with Crippen LogP contribution < -0.4 is 4.90 Å². The summed E-state index contributed by atoms with van der Waals surface area (Å²) in [5.74, 6) is -0.709. The van der Waals surface area contributed by atoms with Gasteiger partial charge >= 0.3 is 5.97 Å². The van der Waals surface area contributed by atoms with Gasteiger partial charge in [-0.2, -0.15) is 0 Å². The maximum Gasteiger partial charge on any atom is 0.303 e. The molecule has 3 rings (SSSR count). The van der Waals surface area contributed by atoms with Crippen LogP contribution in [0, 0.1) is 0 Å². The highest BCUT2D eigenvalue weighted by atomic mass is 16.4. The van der Waals surface area contributed by atoms with Crippen molar-refractivity contribution in [3.63, 3.8) is 0 Å². The molecule has 3 heteroatoms. The van der Waals surface area contributed by atoms with Crippen LogP contribution in [0.1, 0.15) is 30.4 Å². The second-order valence-corrected chi connectivity index (χ2v) is 6.14. The molecule has 0 aromatic heterocycles. The van der Waals surface area contributed by atoms with Crippen molar-refractivity contribution in [2.75, 3.05) is 18.5 Å². The highest BCUT2D eigenvalue weighted by Gasteiger charge is 2.16. The van der Waals surface area contributed by atoms with Crippen LogP contribution >= 0.6 is 0 Å². The van der Waals surface area contributed by atoms with Gasteiger partial charge in [0, 0.05) is 19.3 Å². The second-order valence-electron chi connectivity index (χ2n) is 6.14. The van der Waals surface area contributed by atoms with Crippen molar-refractivity contribution >= 4 is 11.7 Å². The van der Waals surface area contributed by atoms with E-state index in [0.717, 1.165) is 18.5 Å². The Morgan fingerprint density at radius 2 is 1.86 bits per heavy atom. The number of carbonyl (C=O) groups is 1. The molecule has 0 spiro atoms. The first-order valence-electron chi connectivity index (χ1n) is 7.71. The minimum Gasteiger partial charge on any atom is -0.481 e. The molecule has 0 bridgehead atoms. The number of fused-ring (bicyclic) bond motifs is 1. The van der Waals surface area contributed by atoms with E-state index in [-0.39, 0.29) is 12.3 Å². The van der Waals surface area contributed by atoms with E-state index in [9.17, 15) is 4.79 Å². The highest BCUT2D eigenvalue weighted by Crippen LogP contribution is 2.32. The van der Waals surface area contributed by atoms with Gasteiger partial charge in [-0.1, -0.05) is 37.3 Å². The molecule has 22 heavy (non-hydrogen) atoms. The Bertz CT molecular complexity index is 691. The average molecular weight is 295 g/mol. The van der Waals surface area contributed by atoms with E-state index in [2.05, 4.69) is 42.3 Å². The van der Waals surface area contributed by atoms with E-state index in [1.807, 2.05) is 19.1 Å². The number of aliphatic carboxylic acids is 1. The summed E-state index contributed by atoms with van der Waals surface area (Å²) in [6.45, 7) is 3.04. The maximum atomic E-state index is 10.8. The summed E-state index contributed by atoms with van der Waals surface area (Å²) in [5, 5.41) is 8.88. The van der Waals surface area contributed by atoms with Gasteiger partial charge in [0.25, 0.3) is 0 Å². The van der Waals surface area contributed by atoms with Gasteiger partial charge in [-0.05, 0) is 46.7 Å². The lowest BCUT2D eigenvalue weighted by atomic mass is 9.94. The van der Waals surface area contributed by atoms with Gasteiger partial charge in [0.05, 0.1) is 6.42 Å². The van der Waals surface area contributed by atoms with Gasteiger partial charge in [0.2, 0.25) is 0 Å². The largest absolute Gasteiger partial charge is 0.481 e. The molecule has 0 radical (unpaired) electrons. The van der Waals surface area contributed by atoms with E-state index >= 15 is 0 Å². The van der Waals surface area contributed by atoms with Crippen molar-refractivity contribution in [1.82, 2.24) is 0 Å². The number of rotatable bonds is 4. The van der Waals surface area contributed by atoms with Crippen LogP contribution in [0.5, 0.6) is 0 Å². The number of hydrogen-bond acceptors (Lipinski definition) is 2. The molecule has 1 heterocycles. The molecular formula is C19H21NO2. The first-order valence-corrected chi connectivity index (χ1v) is 7.71. The lowest BCUT2D eigenvalue weighted by Crippen LogP contribution is -2.12. The number of benzene rings is 2. The number of anilines is 1. The van der Waals surface area contributed by atoms with Crippen molar-refractivity contribution < 1.29 is 9.90 Å². The number of carboxylic acid groups (broad SMARTS) is 1. The van der Waals surface area contributed by atoms with Crippen LogP contribution in [0.4, 0.5) is 5.69 Å². The standard InChI is InChI=1S/C19H21NO2/c1-13(11-19(21)22)14-3-5-15(6-4-14)16-7-8-18-17(12-16)9-10-20(18)2/h3-8,12-13H,9-11H2,1-2H3,(H,21,22). The van der Waals surface area contributed by atoms with Gasteiger partial charge in [-0.3, -0.25) is 4.79 Å². The smallest absolute Gasteiger partial charge is 0.303 e. The summed E-state index contributed by atoms with van der Waals surface area (Å²) < 4.78 is 0. The van der Waals surface area contributed by atoms with Crippen molar-refractivity contribution in [1.29, 1.82) is 0 Å². The van der Waals surface area contributed by atoms with Crippen LogP contribution in [0.2, 0.25) is 0 Å². The van der Waals surface area contributed by atoms with E-state index in [1.54, 1.807) is 0 Å². The lowest BCUT2D eigenvalue weighted by Gasteiger charge is -2.13. The van der Waals surface area contributed by atoms with E-state index in [4.69, 9.17) is 5.11 Å². The van der Waals surface area contributed by atoms with Crippen LogP contribution in [0.3, 0.4) is 0 Å². The number of nitrogens with zero attached hydrogens (tertiary/aromatic N) is 1. The van der Waals surface area contributed by atoms with E-state index < -0.39 is 5.97 Å². The fourth-order valence-electron chi connectivity index (χ4n) is 3.13. The molecule has 1 unspecified atom stereocenters. The van der Waals surface area contributed by atoms with Gasteiger partial charge in [0.15, 0.2) is 0 Å². The molecule has 1 aliphatic heterocycles. The predicted molar refractivity (Wildman–Crippen MR) is 89.5 cm³/mol. The summed E-state index contributed by atoms with van der Waals surface area (Å²) in [7, 11) is 2.13. The molecule has 3 nitrogen and oxygen atoms in total. The number of hydrogen-bond donors (Lipinski definition) is 1. The van der Waals surface area contributed by atoms with Crippen molar-refractivity contribution in [2.45, 2.75) is 25.7 Å². The minimum atomic E-state index is -0.751. The first-order chi connectivity index (χ1) is 10.5. The van der Waals surface area contributed by atoms with Crippen molar-refractivity contribution in [2.24, 2.45) is 0 Å². The first kappa shape index (κ1) is 14.6. The third-order valence-corrected chi connectivity index (χ3v) is 4.50. The van der Waals surface area contributed by atoms with Crippen LogP contribution in [0.15, 0.2) is 42.5 Å². The number of carboxylic acids is 1. The summed E-state index contributed by atoms with van der Waals surface area (Å²) >= 11 is 0. The molecule has 0 aliphatic carbocycles. The van der Waals surface area contributed by atoms with Gasteiger partial charge < -0.3 is 10.0 Å². The Hall–Kier alpha value is -2.29. The molecule has 0 amide bonds. The molecule has 1 atom stereocenters. The molecule has 1 N–H and O–H groups in total. The Morgan fingerprint density at radius 3 is 2.55 bits per heavy atom. The maximum absolute atomic E-state index is 10.8. The Labute approximate surface area is 131 Å². The monoisotopic (exact) mass is 295 g/mol. The summed E-state index contributed by atoms with van der Waals surface area (Å²) in [6, 6.07) is 14.9. The molecule has 0 saturated heterocycles. The van der Waals surface area contributed by atoms with Crippen molar-refractivity contribution in [3.8, 4) is 11.1 Å². The van der Waals surface area contributed by atoms with E-state index in [1.165, 1.54) is 22.4 Å². The third-order valence-electron chi connectivity index (χ3n) is 4.50. The molecule has 0 saturated carbocycles. The van der Waals surface area contributed by atoms with Gasteiger partial charge in [-0.15, -0.1) is 0 Å². The molecule has 2 aromatic rings. The summed E-state index contributed by atoms with van der Waals surface area (Å²) in [5.41, 5.74) is 6.22. The molecule has 0 fully saturated rings. The van der Waals surface area contributed by atoms with Gasteiger partial charge in [0.1, 0.15) is 0 Å². The second kappa shape index (κ2) is 5.84. The van der Waals surface area contributed by atoms with Crippen LogP contribution in [0.25, 0.3) is 11.1 Å². The van der Waals surface area contributed by atoms with E-state index in [0.29, 0.717) is 0 Å². The van der Waals surface area contributed by atoms with Crippen LogP contribution in [-0.4, -0.2) is 24.7 Å². The van der Waals surface area contributed by atoms with Crippen LogP contribution in [-0.2, 0) is 11.2 Å². The Kier molecular flexibility index (Phi) is 3.88. The summed E-state index contributed by atoms with van der Waals surface area (Å²) in [4.78, 5) is 13.1. The normalized spacial score (nSPS) is 14.7.